The predicted molar refractivity (Wildman–Crippen MR) is 83.2 cm³/mol. The minimum absolute atomic E-state index is 0.192. The van der Waals surface area contributed by atoms with E-state index >= 15 is 0 Å². The van der Waals surface area contributed by atoms with Crippen LogP contribution in [-0.4, -0.2) is 5.91 Å². The van der Waals surface area contributed by atoms with Crippen LogP contribution in [0.4, 0.5) is 5.69 Å². The summed E-state index contributed by atoms with van der Waals surface area (Å²) in [6.07, 6.45) is 4.63. The quantitative estimate of drug-likeness (QED) is 0.597. The average molecular weight is 418 g/mol. The number of amides is 1. The van der Waals surface area contributed by atoms with Crippen LogP contribution in [0.25, 0.3) is 6.08 Å². The van der Waals surface area contributed by atoms with Crippen LogP contribution in [0, 0.1) is 3.57 Å². The lowest BCUT2D eigenvalue weighted by atomic mass is 10.3. The molecule has 2 rings (SSSR count). The second-order valence-electron chi connectivity index (χ2n) is 3.46. The molecule has 18 heavy (non-hydrogen) atoms. The molecule has 1 N–H and O–H groups in total. The zero-order valence-electron chi connectivity index (χ0n) is 9.19. The Labute approximate surface area is 127 Å². The van der Waals surface area contributed by atoms with Crippen molar-refractivity contribution in [3.05, 3.63) is 56.5 Å². The molecule has 0 fully saturated rings. The third-order valence-corrected chi connectivity index (χ3v) is 3.56. The van der Waals surface area contributed by atoms with Crippen molar-refractivity contribution in [2.75, 3.05) is 5.32 Å². The van der Waals surface area contributed by atoms with E-state index in [1.165, 1.54) is 6.08 Å². The number of furan rings is 1. The van der Waals surface area contributed by atoms with E-state index in [9.17, 15) is 4.79 Å². The van der Waals surface area contributed by atoms with Crippen LogP contribution in [0.5, 0.6) is 0 Å². The number of carbonyl (C=O) groups excluding carboxylic acids is 1. The summed E-state index contributed by atoms with van der Waals surface area (Å²) in [4.78, 5) is 11.7. The van der Waals surface area contributed by atoms with E-state index in [0.717, 1.165) is 13.7 Å². The Morgan fingerprint density at radius 1 is 1.39 bits per heavy atom. The maximum absolute atomic E-state index is 11.7. The topological polar surface area (TPSA) is 42.2 Å². The van der Waals surface area contributed by atoms with Gasteiger partial charge in [-0.05, 0) is 59.0 Å². The molecule has 0 unspecified atom stereocenters. The average Bonchev–Trinajstić information content (AvgIpc) is 2.84. The first-order valence-electron chi connectivity index (χ1n) is 5.13. The number of carbonyl (C=O) groups is 1. The highest BCUT2D eigenvalue weighted by Crippen LogP contribution is 2.22. The molecule has 0 atom stereocenters. The van der Waals surface area contributed by atoms with Gasteiger partial charge < -0.3 is 9.73 Å². The molecule has 1 aromatic heterocycles. The second-order valence-corrected chi connectivity index (χ2v) is 5.54. The highest BCUT2D eigenvalue weighted by molar-refractivity contribution is 14.1. The number of benzene rings is 1. The Hall–Kier alpha value is -1.08. The number of anilines is 1. The van der Waals surface area contributed by atoms with Gasteiger partial charge in [0.2, 0.25) is 5.91 Å². The Morgan fingerprint density at radius 3 is 2.94 bits per heavy atom. The van der Waals surface area contributed by atoms with Gasteiger partial charge in [0, 0.05) is 14.1 Å². The summed E-state index contributed by atoms with van der Waals surface area (Å²) < 4.78 is 7.01. The normalized spacial score (nSPS) is 10.8. The summed E-state index contributed by atoms with van der Waals surface area (Å²) in [5, 5.41) is 2.81. The van der Waals surface area contributed by atoms with Gasteiger partial charge in [-0.1, -0.05) is 15.9 Å². The summed E-state index contributed by atoms with van der Waals surface area (Å²) in [5.41, 5.74) is 0.777. The van der Waals surface area contributed by atoms with Gasteiger partial charge >= 0.3 is 0 Å². The van der Waals surface area contributed by atoms with Crippen LogP contribution in [0.2, 0.25) is 0 Å². The molecule has 1 amide bonds. The lowest BCUT2D eigenvalue weighted by Crippen LogP contribution is -2.08. The summed E-state index contributed by atoms with van der Waals surface area (Å²) in [5.74, 6) is 0.455. The van der Waals surface area contributed by atoms with Gasteiger partial charge in [0.25, 0.3) is 0 Å². The van der Waals surface area contributed by atoms with Crippen molar-refractivity contribution in [1.29, 1.82) is 0 Å². The third kappa shape index (κ3) is 3.71. The van der Waals surface area contributed by atoms with E-state index in [4.69, 9.17) is 4.42 Å². The van der Waals surface area contributed by atoms with Crippen LogP contribution in [0.3, 0.4) is 0 Å². The molecule has 0 aliphatic carbocycles. The van der Waals surface area contributed by atoms with E-state index < -0.39 is 0 Å². The molecule has 1 heterocycles. The Morgan fingerprint density at radius 2 is 2.22 bits per heavy atom. The zero-order chi connectivity index (χ0) is 13.0. The fraction of sp³-hybridized carbons (Fsp3) is 0. The summed E-state index contributed by atoms with van der Waals surface area (Å²) in [6, 6.07) is 9.27. The molecule has 0 aliphatic rings. The summed E-state index contributed by atoms with van der Waals surface area (Å²) in [7, 11) is 0. The van der Waals surface area contributed by atoms with E-state index in [1.54, 1.807) is 24.5 Å². The first kappa shape index (κ1) is 13.4. The molecular formula is C13H9BrINO2. The van der Waals surface area contributed by atoms with Crippen LogP contribution in [0.15, 0.2) is 51.6 Å². The van der Waals surface area contributed by atoms with Crippen molar-refractivity contribution in [1.82, 2.24) is 0 Å². The van der Waals surface area contributed by atoms with Crippen molar-refractivity contribution < 1.29 is 9.21 Å². The minimum atomic E-state index is -0.192. The van der Waals surface area contributed by atoms with Gasteiger partial charge in [-0.15, -0.1) is 0 Å². The minimum Gasteiger partial charge on any atom is -0.465 e. The molecule has 1 aromatic carbocycles. The van der Waals surface area contributed by atoms with E-state index in [0.29, 0.717) is 5.76 Å². The van der Waals surface area contributed by atoms with Crippen LogP contribution >= 0.6 is 38.5 Å². The van der Waals surface area contributed by atoms with Gasteiger partial charge in [-0.3, -0.25) is 4.79 Å². The number of halogens is 2. The SMILES string of the molecule is O=C(/C=C/c1ccco1)Nc1cc(Br)ccc1I. The molecule has 2 aromatic rings. The molecule has 0 bridgehead atoms. The summed E-state index contributed by atoms with van der Waals surface area (Å²) >= 11 is 5.54. The largest absolute Gasteiger partial charge is 0.465 e. The standard InChI is InChI=1S/C13H9BrINO2/c14-9-3-5-11(15)12(8-9)16-13(17)6-4-10-2-1-7-18-10/h1-8H,(H,16,17)/b6-4+. The van der Waals surface area contributed by atoms with Gasteiger partial charge in [-0.25, -0.2) is 0 Å². The Kier molecular flexibility index (Phi) is 4.60. The Bertz CT molecular complexity index is 579. The first-order valence-corrected chi connectivity index (χ1v) is 7.00. The second kappa shape index (κ2) is 6.19. The van der Waals surface area contributed by atoms with Gasteiger partial charge in [-0.2, -0.15) is 0 Å². The highest BCUT2D eigenvalue weighted by atomic mass is 127. The fourth-order valence-corrected chi connectivity index (χ4v) is 2.14. The molecule has 0 spiro atoms. The van der Waals surface area contributed by atoms with Crippen LogP contribution in [-0.2, 0) is 4.79 Å². The van der Waals surface area contributed by atoms with Crippen molar-refractivity contribution >= 4 is 56.2 Å². The molecule has 0 saturated carbocycles. The smallest absolute Gasteiger partial charge is 0.248 e. The van der Waals surface area contributed by atoms with Gasteiger partial charge in [0.05, 0.1) is 12.0 Å². The maximum Gasteiger partial charge on any atom is 0.248 e. The molecule has 0 aliphatic heterocycles. The van der Waals surface area contributed by atoms with E-state index in [-0.39, 0.29) is 5.91 Å². The lowest BCUT2D eigenvalue weighted by Gasteiger charge is -2.05. The molecule has 3 nitrogen and oxygen atoms in total. The van der Waals surface area contributed by atoms with Crippen molar-refractivity contribution in [3.8, 4) is 0 Å². The van der Waals surface area contributed by atoms with Crippen LogP contribution < -0.4 is 5.32 Å². The van der Waals surface area contributed by atoms with Gasteiger partial charge in [0.1, 0.15) is 5.76 Å². The lowest BCUT2D eigenvalue weighted by molar-refractivity contribution is -0.111. The maximum atomic E-state index is 11.7. The fourth-order valence-electron chi connectivity index (χ4n) is 1.31. The highest BCUT2D eigenvalue weighted by Gasteiger charge is 2.03. The van der Waals surface area contributed by atoms with Crippen molar-refractivity contribution in [2.24, 2.45) is 0 Å². The predicted octanol–water partition coefficient (Wildman–Crippen LogP) is 4.30. The summed E-state index contributed by atoms with van der Waals surface area (Å²) in [6.45, 7) is 0. The first-order chi connectivity index (χ1) is 8.65. The van der Waals surface area contributed by atoms with Crippen LogP contribution in [0.1, 0.15) is 5.76 Å². The van der Waals surface area contributed by atoms with Gasteiger partial charge in [0.15, 0.2) is 0 Å². The third-order valence-electron chi connectivity index (χ3n) is 2.13. The monoisotopic (exact) mass is 417 g/mol. The molecule has 0 radical (unpaired) electrons. The van der Waals surface area contributed by atoms with E-state index in [1.807, 2.05) is 18.2 Å². The molecule has 92 valence electrons. The molecule has 5 heteroatoms. The van der Waals surface area contributed by atoms with E-state index in [2.05, 4.69) is 43.8 Å². The molecule has 0 saturated heterocycles. The number of nitrogens with one attached hydrogen (secondary N) is 1. The zero-order valence-corrected chi connectivity index (χ0v) is 12.9. The Balaban J connectivity index is 2.05. The number of rotatable bonds is 3. The number of hydrogen-bond acceptors (Lipinski definition) is 2. The number of hydrogen-bond donors (Lipinski definition) is 1. The van der Waals surface area contributed by atoms with Crippen molar-refractivity contribution in [3.63, 3.8) is 0 Å². The molecular weight excluding hydrogens is 409 g/mol. The van der Waals surface area contributed by atoms with Crippen molar-refractivity contribution in [2.45, 2.75) is 0 Å².